The Balaban J connectivity index is 2.35. The Kier molecular flexibility index (Phi) is 4.10. The summed E-state index contributed by atoms with van der Waals surface area (Å²) in [6.45, 7) is 4.67. The predicted octanol–water partition coefficient (Wildman–Crippen LogP) is 1.93. The highest BCUT2D eigenvalue weighted by atomic mass is 32.2. The highest BCUT2D eigenvalue weighted by Gasteiger charge is 2.33. The van der Waals surface area contributed by atoms with Crippen LogP contribution in [0.2, 0.25) is 0 Å². The molecule has 5 nitrogen and oxygen atoms in total. The first-order chi connectivity index (χ1) is 8.95. The lowest BCUT2D eigenvalue weighted by Crippen LogP contribution is -2.44. The molecule has 0 saturated carbocycles. The first-order valence-corrected chi connectivity index (χ1v) is 8.05. The van der Waals surface area contributed by atoms with Gasteiger partial charge in [0.25, 0.3) is 0 Å². The molecule has 2 atom stereocenters. The van der Waals surface area contributed by atoms with E-state index in [-0.39, 0.29) is 6.04 Å². The van der Waals surface area contributed by atoms with E-state index in [0.717, 1.165) is 12.8 Å². The van der Waals surface area contributed by atoms with Gasteiger partial charge in [0.2, 0.25) is 10.0 Å². The predicted molar refractivity (Wildman–Crippen MR) is 75.5 cm³/mol. The maximum atomic E-state index is 12.7. The summed E-state index contributed by atoms with van der Waals surface area (Å²) in [5.41, 5.74) is 0. The van der Waals surface area contributed by atoms with Crippen molar-refractivity contribution >= 4 is 15.8 Å². The Labute approximate surface area is 115 Å². The Morgan fingerprint density at radius 1 is 1.37 bits per heavy atom. The van der Waals surface area contributed by atoms with Gasteiger partial charge in [-0.05, 0) is 31.7 Å². The van der Waals surface area contributed by atoms with E-state index in [1.165, 1.54) is 6.20 Å². The van der Waals surface area contributed by atoms with E-state index < -0.39 is 10.0 Å². The number of pyridine rings is 1. The van der Waals surface area contributed by atoms with Crippen LogP contribution in [-0.4, -0.2) is 37.3 Å². The molecule has 2 heterocycles. The van der Waals surface area contributed by atoms with Crippen LogP contribution in [0, 0.1) is 5.92 Å². The number of hydrogen-bond donors (Lipinski definition) is 1. The number of sulfonamides is 1. The highest BCUT2D eigenvalue weighted by Crippen LogP contribution is 2.28. The fourth-order valence-electron chi connectivity index (χ4n) is 2.43. The molecule has 1 aromatic rings. The maximum Gasteiger partial charge on any atom is 0.243 e. The van der Waals surface area contributed by atoms with Crippen molar-refractivity contribution in [2.75, 3.05) is 18.9 Å². The molecule has 1 fully saturated rings. The lowest BCUT2D eigenvalue weighted by molar-refractivity contribution is 0.218. The monoisotopic (exact) mass is 283 g/mol. The van der Waals surface area contributed by atoms with Crippen LogP contribution in [0.15, 0.2) is 23.2 Å². The SMILES string of the molecule is CNc1cc(S(=O)(=O)N2CC(C)CCC2C)ccn1. The van der Waals surface area contributed by atoms with Gasteiger partial charge in [-0.15, -0.1) is 0 Å². The molecule has 6 heteroatoms. The molecule has 1 aromatic heterocycles. The van der Waals surface area contributed by atoms with Crippen molar-refractivity contribution in [3.8, 4) is 0 Å². The van der Waals surface area contributed by atoms with E-state index in [0.29, 0.717) is 23.2 Å². The summed E-state index contributed by atoms with van der Waals surface area (Å²) >= 11 is 0. The van der Waals surface area contributed by atoms with E-state index >= 15 is 0 Å². The van der Waals surface area contributed by atoms with Crippen molar-refractivity contribution in [2.24, 2.45) is 5.92 Å². The van der Waals surface area contributed by atoms with E-state index in [1.807, 2.05) is 6.92 Å². The second-order valence-electron chi connectivity index (χ2n) is 5.23. The summed E-state index contributed by atoms with van der Waals surface area (Å²) in [5.74, 6) is 0.982. The van der Waals surface area contributed by atoms with Crippen LogP contribution < -0.4 is 5.32 Å². The molecule has 1 aliphatic rings. The van der Waals surface area contributed by atoms with Gasteiger partial charge < -0.3 is 5.32 Å². The second kappa shape index (κ2) is 5.46. The van der Waals surface area contributed by atoms with Gasteiger partial charge in [-0.25, -0.2) is 13.4 Å². The number of hydrogen-bond acceptors (Lipinski definition) is 4. The topological polar surface area (TPSA) is 62.3 Å². The van der Waals surface area contributed by atoms with E-state index in [4.69, 9.17) is 0 Å². The number of rotatable bonds is 3. The van der Waals surface area contributed by atoms with Crippen LogP contribution in [0.4, 0.5) is 5.82 Å². The molecule has 19 heavy (non-hydrogen) atoms. The fourth-order valence-corrected chi connectivity index (χ4v) is 4.22. The minimum Gasteiger partial charge on any atom is -0.373 e. The third-order valence-electron chi connectivity index (χ3n) is 3.65. The largest absolute Gasteiger partial charge is 0.373 e. The summed E-state index contributed by atoms with van der Waals surface area (Å²) in [5, 5.41) is 2.87. The van der Waals surface area contributed by atoms with Crippen molar-refractivity contribution in [1.29, 1.82) is 0 Å². The normalized spacial score (nSPS) is 25.2. The Morgan fingerprint density at radius 2 is 2.11 bits per heavy atom. The average molecular weight is 283 g/mol. The third-order valence-corrected chi connectivity index (χ3v) is 5.63. The molecule has 106 valence electrons. The van der Waals surface area contributed by atoms with Gasteiger partial charge in [0.15, 0.2) is 0 Å². The van der Waals surface area contributed by atoms with Gasteiger partial charge in [0.1, 0.15) is 5.82 Å². The first-order valence-electron chi connectivity index (χ1n) is 6.61. The molecule has 0 aliphatic carbocycles. The standard InChI is InChI=1S/C13H21N3O2S/c1-10-4-5-11(2)16(9-10)19(17,18)12-6-7-15-13(8-12)14-3/h6-8,10-11H,4-5,9H2,1-3H3,(H,14,15). The van der Waals surface area contributed by atoms with Crippen LogP contribution in [0.3, 0.4) is 0 Å². The van der Waals surface area contributed by atoms with Crippen LogP contribution in [0.5, 0.6) is 0 Å². The summed E-state index contributed by atoms with van der Waals surface area (Å²) in [7, 11) is -1.70. The van der Waals surface area contributed by atoms with Crippen molar-refractivity contribution in [3.05, 3.63) is 18.3 Å². The van der Waals surface area contributed by atoms with Gasteiger partial charge >= 0.3 is 0 Å². The molecule has 1 saturated heterocycles. The summed E-state index contributed by atoms with van der Waals surface area (Å²) < 4.78 is 27.0. The number of anilines is 1. The Bertz CT molecular complexity index is 545. The molecule has 0 aromatic carbocycles. The van der Waals surface area contributed by atoms with Crippen LogP contribution in [0.25, 0.3) is 0 Å². The van der Waals surface area contributed by atoms with Gasteiger partial charge in [0.05, 0.1) is 4.90 Å². The van der Waals surface area contributed by atoms with Crippen LogP contribution in [0.1, 0.15) is 26.7 Å². The average Bonchev–Trinajstić information content (AvgIpc) is 2.41. The highest BCUT2D eigenvalue weighted by molar-refractivity contribution is 7.89. The molecule has 0 radical (unpaired) electrons. The van der Waals surface area contributed by atoms with E-state index in [1.54, 1.807) is 23.5 Å². The van der Waals surface area contributed by atoms with Gasteiger partial charge in [0, 0.05) is 31.9 Å². The second-order valence-corrected chi connectivity index (χ2v) is 7.12. The van der Waals surface area contributed by atoms with Crippen molar-refractivity contribution in [2.45, 2.75) is 37.6 Å². The van der Waals surface area contributed by atoms with Gasteiger partial charge in [-0.1, -0.05) is 6.92 Å². The Morgan fingerprint density at radius 3 is 2.79 bits per heavy atom. The lowest BCUT2D eigenvalue weighted by Gasteiger charge is -2.35. The van der Waals surface area contributed by atoms with Crippen LogP contribution >= 0.6 is 0 Å². The third kappa shape index (κ3) is 2.90. The molecule has 2 rings (SSSR count). The van der Waals surface area contributed by atoms with Crippen LogP contribution in [-0.2, 0) is 10.0 Å². The van der Waals surface area contributed by atoms with Gasteiger partial charge in [-0.3, -0.25) is 0 Å². The summed E-state index contributed by atoms with van der Waals surface area (Å²) in [6.07, 6.45) is 3.53. The van der Waals surface area contributed by atoms with Crippen molar-refractivity contribution in [3.63, 3.8) is 0 Å². The Hall–Kier alpha value is -1.14. The minimum absolute atomic E-state index is 0.0624. The zero-order valence-corrected chi connectivity index (χ0v) is 12.4. The number of piperidine rings is 1. The molecule has 0 spiro atoms. The van der Waals surface area contributed by atoms with Crippen molar-refractivity contribution < 1.29 is 8.42 Å². The number of nitrogens with zero attached hydrogens (tertiary/aromatic N) is 2. The molecular weight excluding hydrogens is 262 g/mol. The quantitative estimate of drug-likeness (QED) is 0.920. The zero-order chi connectivity index (χ0) is 14.0. The van der Waals surface area contributed by atoms with Gasteiger partial charge in [-0.2, -0.15) is 4.31 Å². The number of aromatic nitrogens is 1. The summed E-state index contributed by atoms with van der Waals surface area (Å²) in [4.78, 5) is 4.37. The van der Waals surface area contributed by atoms with E-state index in [9.17, 15) is 8.42 Å². The number of nitrogens with one attached hydrogen (secondary N) is 1. The molecule has 2 unspecified atom stereocenters. The van der Waals surface area contributed by atoms with Crippen molar-refractivity contribution in [1.82, 2.24) is 9.29 Å². The lowest BCUT2D eigenvalue weighted by atomic mass is 9.97. The van der Waals surface area contributed by atoms with E-state index in [2.05, 4.69) is 17.2 Å². The molecule has 0 amide bonds. The molecule has 1 N–H and O–H groups in total. The maximum absolute atomic E-state index is 12.7. The molecule has 1 aliphatic heterocycles. The molecular formula is C13H21N3O2S. The summed E-state index contributed by atoms with van der Waals surface area (Å²) in [6, 6.07) is 3.20. The smallest absolute Gasteiger partial charge is 0.243 e. The zero-order valence-electron chi connectivity index (χ0n) is 11.6. The first kappa shape index (κ1) is 14.3. The molecule has 0 bridgehead atoms. The fraction of sp³-hybridized carbons (Fsp3) is 0.615. The minimum atomic E-state index is -3.42.